The van der Waals surface area contributed by atoms with E-state index in [1.54, 1.807) is 23.1 Å². The molecule has 1 aromatic carbocycles. The minimum Gasteiger partial charge on any atom is -0.495 e. The van der Waals surface area contributed by atoms with E-state index in [0.717, 1.165) is 0 Å². The molecule has 1 amide bonds. The number of benzene rings is 1. The molecule has 1 saturated heterocycles. The second-order valence-corrected chi connectivity index (χ2v) is 5.79. The number of likely N-dealkylation sites (tertiary alicyclic amines) is 1. The van der Waals surface area contributed by atoms with E-state index in [0.29, 0.717) is 16.3 Å². The number of carboxylic acids is 1. The number of halogens is 1. The lowest BCUT2D eigenvalue weighted by Crippen LogP contribution is -2.36. The summed E-state index contributed by atoms with van der Waals surface area (Å²) in [6, 6.07) is 4.55. The van der Waals surface area contributed by atoms with Gasteiger partial charge in [-0.2, -0.15) is 0 Å². The standard InChI is InChI=1S/C15H18ClNO4/c1-8(2)17-13(18)7-10(15(19)20)14(17)9-4-5-12(21-3)11(16)6-9/h4-6,8,10,14H,7H2,1-3H3,(H,19,20). The van der Waals surface area contributed by atoms with Crippen molar-refractivity contribution in [3.05, 3.63) is 28.8 Å². The maximum absolute atomic E-state index is 12.1. The van der Waals surface area contributed by atoms with E-state index in [1.165, 1.54) is 7.11 Å². The molecule has 21 heavy (non-hydrogen) atoms. The lowest BCUT2D eigenvalue weighted by molar-refractivity contribution is -0.142. The van der Waals surface area contributed by atoms with E-state index >= 15 is 0 Å². The molecule has 0 spiro atoms. The van der Waals surface area contributed by atoms with Crippen LogP contribution < -0.4 is 4.74 Å². The summed E-state index contributed by atoms with van der Waals surface area (Å²) in [7, 11) is 1.51. The van der Waals surface area contributed by atoms with Crippen molar-refractivity contribution in [1.82, 2.24) is 4.90 Å². The van der Waals surface area contributed by atoms with Gasteiger partial charge in [-0.25, -0.2) is 0 Å². The van der Waals surface area contributed by atoms with Gasteiger partial charge in [-0.3, -0.25) is 9.59 Å². The van der Waals surface area contributed by atoms with Crippen LogP contribution in [0.4, 0.5) is 0 Å². The van der Waals surface area contributed by atoms with Crippen molar-refractivity contribution in [3.8, 4) is 5.75 Å². The number of ether oxygens (including phenoxy) is 1. The normalized spacial score (nSPS) is 22.0. The summed E-state index contributed by atoms with van der Waals surface area (Å²) < 4.78 is 5.10. The van der Waals surface area contributed by atoms with Crippen LogP contribution in [0.25, 0.3) is 0 Å². The number of hydrogen-bond donors (Lipinski definition) is 1. The monoisotopic (exact) mass is 311 g/mol. The first-order chi connectivity index (χ1) is 9.86. The summed E-state index contributed by atoms with van der Waals surface area (Å²) in [5.41, 5.74) is 0.716. The number of aliphatic carboxylic acids is 1. The van der Waals surface area contributed by atoms with Crippen LogP contribution >= 0.6 is 11.6 Å². The average Bonchev–Trinajstić information content (AvgIpc) is 2.76. The number of carbonyl (C=O) groups excluding carboxylic acids is 1. The molecular weight excluding hydrogens is 294 g/mol. The molecule has 2 atom stereocenters. The smallest absolute Gasteiger partial charge is 0.309 e. The Balaban J connectivity index is 2.47. The number of carbonyl (C=O) groups is 2. The highest BCUT2D eigenvalue weighted by Gasteiger charge is 2.45. The molecule has 5 nitrogen and oxygen atoms in total. The number of methoxy groups -OCH3 is 1. The Morgan fingerprint density at radius 1 is 1.48 bits per heavy atom. The molecule has 0 aromatic heterocycles. The van der Waals surface area contributed by atoms with Crippen molar-refractivity contribution < 1.29 is 19.4 Å². The SMILES string of the molecule is COc1ccc(C2C(C(=O)O)CC(=O)N2C(C)C)cc1Cl. The average molecular weight is 312 g/mol. The molecule has 1 aromatic rings. The molecule has 1 N–H and O–H groups in total. The zero-order valence-corrected chi connectivity index (χ0v) is 12.9. The van der Waals surface area contributed by atoms with Crippen molar-refractivity contribution in [1.29, 1.82) is 0 Å². The molecule has 0 aliphatic carbocycles. The summed E-state index contributed by atoms with van der Waals surface area (Å²) in [6.07, 6.45) is 0.0157. The Kier molecular flexibility index (Phi) is 4.42. The summed E-state index contributed by atoms with van der Waals surface area (Å²) in [6.45, 7) is 3.75. The van der Waals surface area contributed by atoms with Crippen molar-refractivity contribution in [2.45, 2.75) is 32.4 Å². The van der Waals surface area contributed by atoms with E-state index in [2.05, 4.69) is 0 Å². The minimum absolute atomic E-state index is 0.0157. The van der Waals surface area contributed by atoms with Crippen LogP contribution in [0, 0.1) is 5.92 Å². The van der Waals surface area contributed by atoms with Crippen LogP contribution in [0.1, 0.15) is 31.9 Å². The summed E-state index contributed by atoms with van der Waals surface area (Å²) in [5, 5.41) is 9.80. The first-order valence-electron chi connectivity index (χ1n) is 6.74. The zero-order chi connectivity index (χ0) is 15.7. The van der Waals surface area contributed by atoms with Gasteiger partial charge in [-0.1, -0.05) is 17.7 Å². The molecule has 1 heterocycles. The number of rotatable bonds is 4. The van der Waals surface area contributed by atoms with Crippen LogP contribution in [0.5, 0.6) is 5.75 Å². The van der Waals surface area contributed by atoms with E-state index in [9.17, 15) is 14.7 Å². The van der Waals surface area contributed by atoms with Crippen LogP contribution in [0.3, 0.4) is 0 Å². The van der Waals surface area contributed by atoms with Gasteiger partial charge in [0.05, 0.1) is 24.1 Å². The third-order valence-corrected chi connectivity index (χ3v) is 4.05. The highest BCUT2D eigenvalue weighted by atomic mass is 35.5. The molecule has 2 rings (SSSR count). The maximum Gasteiger partial charge on any atom is 0.309 e. The van der Waals surface area contributed by atoms with Gasteiger partial charge in [0, 0.05) is 12.5 Å². The second-order valence-electron chi connectivity index (χ2n) is 5.38. The van der Waals surface area contributed by atoms with Crippen LogP contribution in [0.2, 0.25) is 5.02 Å². The van der Waals surface area contributed by atoms with E-state index in [4.69, 9.17) is 16.3 Å². The second kappa shape index (κ2) is 5.93. The van der Waals surface area contributed by atoms with Crippen molar-refractivity contribution in [2.75, 3.05) is 7.11 Å². The fourth-order valence-corrected chi connectivity index (χ4v) is 3.11. The summed E-state index contributed by atoms with van der Waals surface area (Å²) >= 11 is 6.12. The molecule has 6 heteroatoms. The molecule has 1 aliphatic rings. The molecule has 114 valence electrons. The third kappa shape index (κ3) is 2.83. The molecular formula is C15H18ClNO4. The number of hydrogen-bond acceptors (Lipinski definition) is 3. The molecule has 0 radical (unpaired) electrons. The Morgan fingerprint density at radius 3 is 2.62 bits per heavy atom. The van der Waals surface area contributed by atoms with Gasteiger partial charge in [-0.05, 0) is 31.5 Å². The van der Waals surface area contributed by atoms with Crippen LogP contribution in [0.15, 0.2) is 18.2 Å². The Hall–Kier alpha value is -1.75. The molecule has 0 bridgehead atoms. The van der Waals surface area contributed by atoms with E-state index in [1.807, 2.05) is 13.8 Å². The Bertz CT molecular complexity index is 573. The Labute approximate surface area is 128 Å². The molecule has 1 aliphatic heterocycles. The first kappa shape index (κ1) is 15.6. The zero-order valence-electron chi connectivity index (χ0n) is 12.2. The third-order valence-electron chi connectivity index (χ3n) is 3.75. The lowest BCUT2D eigenvalue weighted by atomic mass is 9.93. The van der Waals surface area contributed by atoms with E-state index in [-0.39, 0.29) is 18.4 Å². The molecule has 2 unspecified atom stereocenters. The van der Waals surface area contributed by atoms with Gasteiger partial charge in [0.25, 0.3) is 0 Å². The molecule has 0 saturated carbocycles. The summed E-state index contributed by atoms with van der Waals surface area (Å²) in [4.78, 5) is 25.2. The van der Waals surface area contributed by atoms with Gasteiger partial charge in [-0.15, -0.1) is 0 Å². The van der Waals surface area contributed by atoms with Crippen molar-refractivity contribution >= 4 is 23.5 Å². The fourth-order valence-electron chi connectivity index (χ4n) is 2.85. The van der Waals surface area contributed by atoms with Gasteiger partial charge < -0.3 is 14.7 Å². The van der Waals surface area contributed by atoms with Crippen molar-refractivity contribution in [2.24, 2.45) is 5.92 Å². The highest BCUT2D eigenvalue weighted by molar-refractivity contribution is 6.32. The Morgan fingerprint density at radius 2 is 2.14 bits per heavy atom. The topological polar surface area (TPSA) is 66.8 Å². The largest absolute Gasteiger partial charge is 0.495 e. The van der Waals surface area contributed by atoms with Gasteiger partial charge >= 0.3 is 5.97 Å². The summed E-state index contributed by atoms with van der Waals surface area (Å²) in [5.74, 6) is -1.35. The predicted molar refractivity (Wildman–Crippen MR) is 78.5 cm³/mol. The van der Waals surface area contributed by atoms with Gasteiger partial charge in [0.15, 0.2) is 0 Å². The maximum atomic E-state index is 12.1. The fraction of sp³-hybridized carbons (Fsp3) is 0.467. The van der Waals surface area contributed by atoms with E-state index < -0.39 is 17.9 Å². The predicted octanol–water partition coefficient (Wildman–Crippen LogP) is 2.73. The van der Waals surface area contributed by atoms with Gasteiger partial charge in [0.2, 0.25) is 5.91 Å². The number of nitrogens with zero attached hydrogens (tertiary/aromatic N) is 1. The highest BCUT2D eigenvalue weighted by Crippen LogP contribution is 2.41. The first-order valence-corrected chi connectivity index (χ1v) is 7.12. The van der Waals surface area contributed by atoms with Crippen LogP contribution in [-0.4, -0.2) is 35.0 Å². The van der Waals surface area contributed by atoms with Crippen molar-refractivity contribution in [3.63, 3.8) is 0 Å². The number of amides is 1. The minimum atomic E-state index is -0.969. The van der Waals surface area contributed by atoms with Gasteiger partial charge in [0.1, 0.15) is 5.75 Å². The van der Waals surface area contributed by atoms with Crippen LogP contribution in [-0.2, 0) is 9.59 Å². The lowest BCUT2D eigenvalue weighted by Gasteiger charge is -2.31. The number of carboxylic acid groups (broad SMARTS) is 1. The molecule has 1 fully saturated rings. The quantitative estimate of drug-likeness (QED) is 0.928.